The van der Waals surface area contributed by atoms with Gasteiger partial charge in [0.15, 0.2) is 12.1 Å². The van der Waals surface area contributed by atoms with Gasteiger partial charge in [0.1, 0.15) is 5.76 Å². The lowest BCUT2D eigenvalue weighted by molar-refractivity contribution is 0.0779. The third kappa shape index (κ3) is 3.00. The summed E-state index contributed by atoms with van der Waals surface area (Å²) in [5, 5.41) is 0. The molecule has 2 aromatic rings. The number of amides is 1. The Morgan fingerprint density at radius 3 is 2.68 bits per heavy atom. The first kappa shape index (κ1) is 16.5. The van der Waals surface area contributed by atoms with Gasteiger partial charge in [-0.2, -0.15) is 0 Å². The molecule has 0 saturated carbocycles. The van der Waals surface area contributed by atoms with Gasteiger partial charge in [-0.1, -0.05) is 30.3 Å². The summed E-state index contributed by atoms with van der Waals surface area (Å²) < 4.78 is 5.13. The Morgan fingerprint density at radius 2 is 2.09 bits per heavy atom. The van der Waals surface area contributed by atoms with Crippen LogP contribution >= 0.6 is 12.4 Å². The molecule has 2 heterocycles. The molecule has 0 aliphatic carbocycles. The maximum atomic E-state index is 12.5. The maximum absolute atomic E-state index is 12.5. The molecular formula is C16H20ClN3O2. The normalized spacial score (nSPS) is 20.7. The molecule has 22 heavy (non-hydrogen) atoms. The molecule has 1 aromatic heterocycles. The molecule has 0 spiro atoms. The number of carbonyl (C=O) groups is 1. The third-order valence-corrected chi connectivity index (χ3v) is 4.21. The zero-order valence-electron chi connectivity index (χ0n) is 12.4. The van der Waals surface area contributed by atoms with Gasteiger partial charge in [0.05, 0.1) is 0 Å². The second kappa shape index (κ2) is 6.94. The number of hydrogen-bond donors (Lipinski definition) is 1. The highest BCUT2D eigenvalue weighted by atomic mass is 35.5. The van der Waals surface area contributed by atoms with E-state index in [1.54, 1.807) is 6.92 Å². The van der Waals surface area contributed by atoms with Gasteiger partial charge in [0.2, 0.25) is 0 Å². The Morgan fingerprint density at radius 1 is 1.36 bits per heavy atom. The summed E-state index contributed by atoms with van der Waals surface area (Å²) in [6.45, 7) is 3.67. The number of nitrogens with two attached hydrogens (primary N) is 1. The molecule has 1 aromatic carbocycles. The largest absolute Gasteiger partial charge is 0.448 e. The van der Waals surface area contributed by atoms with Crippen LogP contribution in [0.25, 0.3) is 0 Å². The number of benzene rings is 1. The summed E-state index contributed by atoms with van der Waals surface area (Å²) in [4.78, 5) is 18.4. The van der Waals surface area contributed by atoms with Crippen molar-refractivity contribution in [3.05, 3.63) is 53.7 Å². The van der Waals surface area contributed by atoms with Crippen LogP contribution in [0.15, 0.2) is 41.1 Å². The van der Waals surface area contributed by atoms with Crippen LogP contribution in [0.4, 0.5) is 0 Å². The van der Waals surface area contributed by atoms with Crippen molar-refractivity contribution >= 4 is 18.3 Å². The number of likely N-dealkylation sites (tertiary alicyclic amines) is 1. The molecule has 1 saturated heterocycles. The molecule has 3 rings (SSSR count). The van der Waals surface area contributed by atoms with Crippen LogP contribution in [0.2, 0.25) is 0 Å². The van der Waals surface area contributed by atoms with Gasteiger partial charge in [-0.3, -0.25) is 4.79 Å². The fraction of sp³-hybridized carbons (Fsp3) is 0.375. The highest BCUT2D eigenvalue weighted by Crippen LogP contribution is 2.32. The molecule has 6 heteroatoms. The predicted molar refractivity (Wildman–Crippen MR) is 86.1 cm³/mol. The first-order valence-corrected chi connectivity index (χ1v) is 7.15. The van der Waals surface area contributed by atoms with Crippen molar-refractivity contribution in [3.63, 3.8) is 0 Å². The van der Waals surface area contributed by atoms with E-state index in [4.69, 9.17) is 10.2 Å². The lowest BCUT2D eigenvalue weighted by atomic mass is 9.89. The average Bonchev–Trinajstić information content (AvgIpc) is 3.13. The second-order valence-corrected chi connectivity index (χ2v) is 5.48. The van der Waals surface area contributed by atoms with Crippen LogP contribution in [-0.2, 0) is 0 Å². The minimum absolute atomic E-state index is 0. The minimum atomic E-state index is -0.0712. The molecule has 2 N–H and O–H groups in total. The van der Waals surface area contributed by atoms with Crippen molar-refractivity contribution in [2.45, 2.75) is 12.8 Å². The van der Waals surface area contributed by atoms with Gasteiger partial charge in [0, 0.05) is 19.0 Å². The van der Waals surface area contributed by atoms with Crippen LogP contribution < -0.4 is 5.73 Å². The maximum Gasteiger partial charge on any atom is 0.276 e. The SMILES string of the molecule is Cc1ocnc1C(=O)N1C[C@@H](CN)[C@H](c2ccccc2)C1.Cl. The lowest BCUT2D eigenvalue weighted by Crippen LogP contribution is -2.30. The van der Waals surface area contributed by atoms with Crippen molar-refractivity contribution < 1.29 is 9.21 Å². The average molecular weight is 322 g/mol. The van der Waals surface area contributed by atoms with Gasteiger partial charge >= 0.3 is 0 Å². The van der Waals surface area contributed by atoms with E-state index in [0.29, 0.717) is 31.1 Å². The fourth-order valence-corrected chi connectivity index (χ4v) is 3.01. The van der Waals surface area contributed by atoms with Crippen molar-refractivity contribution in [3.8, 4) is 0 Å². The molecule has 0 bridgehead atoms. The molecule has 1 fully saturated rings. The zero-order chi connectivity index (χ0) is 14.8. The standard InChI is InChI=1S/C16H19N3O2.ClH/c1-11-15(18-10-21-11)16(20)19-8-13(7-17)14(9-19)12-5-3-2-4-6-12;/h2-6,10,13-14H,7-9,17H2,1H3;1H/t13-,14+;/m1./s1. The molecule has 1 aliphatic rings. The van der Waals surface area contributed by atoms with Crippen molar-refractivity contribution in [1.29, 1.82) is 0 Å². The number of aryl methyl sites for hydroxylation is 1. The smallest absolute Gasteiger partial charge is 0.276 e. The summed E-state index contributed by atoms with van der Waals surface area (Å²) in [5.41, 5.74) is 7.54. The number of carbonyl (C=O) groups excluding carboxylic acids is 1. The van der Waals surface area contributed by atoms with Crippen LogP contribution in [0, 0.1) is 12.8 Å². The number of rotatable bonds is 3. The van der Waals surface area contributed by atoms with Crippen molar-refractivity contribution in [2.24, 2.45) is 11.7 Å². The second-order valence-electron chi connectivity index (χ2n) is 5.48. The quantitative estimate of drug-likeness (QED) is 0.940. The van der Waals surface area contributed by atoms with E-state index in [9.17, 15) is 4.79 Å². The van der Waals surface area contributed by atoms with Gasteiger partial charge in [-0.25, -0.2) is 4.98 Å². The van der Waals surface area contributed by atoms with E-state index >= 15 is 0 Å². The van der Waals surface area contributed by atoms with Crippen LogP contribution in [0.5, 0.6) is 0 Å². The molecular weight excluding hydrogens is 302 g/mol. The number of aromatic nitrogens is 1. The van der Waals surface area contributed by atoms with E-state index < -0.39 is 0 Å². The fourth-order valence-electron chi connectivity index (χ4n) is 3.01. The third-order valence-electron chi connectivity index (χ3n) is 4.21. The van der Waals surface area contributed by atoms with Crippen LogP contribution in [0.1, 0.15) is 27.7 Å². The van der Waals surface area contributed by atoms with Crippen molar-refractivity contribution in [2.75, 3.05) is 19.6 Å². The summed E-state index contributed by atoms with van der Waals surface area (Å²) >= 11 is 0. The predicted octanol–water partition coefficient (Wildman–Crippen LogP) is 2.22. The van der Waals surface area contributed by atoms with Crippen LogP contribution in [0.3, 0.4) is 0 Å². The van der Waals surface area contributed by atoms with E-state index in [2.05, 4.69) is 17.1 Å². The number of halogens is 1. The summed E-state index contributed by atoms with van der Waals surface area (Å²) in [5.74, 6) is 1.06. The first-order valence-electron chi connectivity index (χ1n) is 7.15. The first-order chi connectivity index (χ1) is 10.2. The molecule has 0 radical (unpaired) electrons. The van der Waals surface area contributed by atoms with Gasteiger partial charge < -0.3 is 15.1 Å². The van der Waals surface area contributed by atoms with Crippen LogP contribution in [-0.4, -0.2) is 35.4 Å². The summed E-state index contributed by atoms with van der Waals surface area (Å²) in [7, 11) is 0. The lowest BCUT2D eigenvalue weighted by Gasteiger charge is -2.16. The number of nitrogens with zero attached hydrogens (tertiary/aromatic N) is 2. The van der Waals surface area contributed by atoms with E-state index in [1.807, 2.05) is 23.1 Å². The van der Waals surface area contributed by atoms with E-state index in [0.717, 1.165) is 0 Å². The number of hydrogen-bond acceptors (Lipinski definition) is 4. The van der Waals surface area contributed by atoms with Crippen molar-refractivity contribution in [1.82, 2.24) is 9.88 Å². The summed E-state index contributed by atoms with van der Waals surface area (Å²) in [6.07, 6.45) is 1.31. The Labute approximate surface area is 135 Å². The highest BCUT2D eigenvalue weighted by Gasteiger charge is 2.36. The minimum Gasteiger partial charge on any atom is -0.448 e. The molecule has 1 amide bonds. The Bertz CT molecular complexity index is 629. The molecule has 2 atom stereocenters. The Hall–Kier alpha value is -1.85. The molecule has 1 aliphatic heterocycles. The molecule has 5 nitrogen and oxygen atoms in total. The number of oxazole rings is 1. The molecule has 0 unspecified atom stereocenters. The monoisotopic (exact) mass is 321 g/mol. The zero-order valence-corrected chi connectivity index (χ0v) is 13.3. The van der Waals surface area contributed by atoms with E-state index in [-0.39, 0.29) is 30.2 Å². The van der Waals surface area contributed by atoms with Gasteiger partial charge in [-0.05, 0) is 24.9 Å². The highest BCUT2D eigenvalue weighted by molar-refractivity contribution is 5.93. The Kier molecular flexibility index (Phi) is 5.21. The summed E-state index contributed by atoms with van der Waals surface area (Å²) in [6, 6.07) is 10.2. The van der Waals surface area contributed by atoms with E-state index in [1.165, 1.54) is 12.0 Å². The van der Waals surface area contributed by atoms with Gasteiger partial charge in [0.25, 0.3) is 5.91 Å². The molecule has 118 valence electrons. The Balaban J connectivity index is 0.00000176. The van der Waals surface area contributed by atoms with Gasteiger partial charge in [-0.15, -0.1) is 12.4 Å². The topological polar surface area (TPSA) is 72.4 Å².